The van der Waals surface area contributed by atoms with Crippen LogP contribution in [-0.4, -0.2) is 15.5 Å². The molecule has 0 bridgehead atoms. The monoisotopic (exact) mass is 215 g/mol. The van der Waals surface area contributed by atoms with Gasteiger partial charge >= 0.3 is 0 Å². The first-order valence-electron chi connectivity index (χ1n) is 5.05. The Morgan fingerprint density at radius 3 is 3.00 bits per heavy atom. The summed E-state index contributed by atoms with van der Waals surface area (Å²) in [6, 6.07) is 5.57. The van der Waals surface area contributed by atoms with Gasteiger partial charge in [-0.3, -0.25) is 9.78 Å². The van der Waals surface area contributed by atoms with Gasteiger partial charge in [0.15, 0.2) is 0 Å². The molecule has 0 aliphatic rings. The van der Waals surface area contributed by atoms with E-state index in [1.807, 2.05) is 29.9 Å². The highest BCUT2D eigenvalue weighted by atomic mass is 16.1. The molecule has 2 aromatic rings. The number of aryl methyl sites for hydroxylation is 1. The molecule has 0 aliphatic heterocycles. The molecule has 82 valence electrons. The van der Waals surface area contributed by atoms with Gasteiger partial charge in [0.2, 0.25) is 0 Å². The fourth-order valence-electron chi connectivity index (χ4n) is 1.42. The van der Waals surface area contributed by atoms with Crippen LogP contribution in [0.1, 0.15) is 15.9 Å². The van der Waals surface area contributed by atoms with Crippen molar-refractivity contribution in [2.45, 2.75) is 6.54 Å². The van der Waals surface area contributed by atoms with E-state index in [0.29, 0.717) is 12.1 Å². The van der Waals surface area contributed by atoms with E-state index in [0.717, 1.165) is 5.56 Å². The van der Waals surface area contributed by atoms with Crippen molar-refractivity contribution in [3.8, 4) is 0 Å². The first kappa shape index (κ1) is 10.4. The van der Waals surface area contributed by atoms with E-state index in [-0.39, 0.29) is 5.91 Å². The summed E-state index contributed by atoms with van der Waals surface area (Å²) in [5, 5.41) is 2.84. The van der Waals surface area contributed by atoms with Gasteiger partial charge in [0.25, 0.3) is 5.91 Å². The van der Waals surface area contributed by atoms with Gasteiger partial charge in [-0.1, -0.05) is 6.07 Å². The lowest BCUT2D eigenvalue weighted by atomic mass is 10.2. The minimum Gasteiger partial charge on any atom is -0.356 e. The fourth-order valence-corrected chi connectivity index (χ4v) is 1.42. The largest absolute Gasteiger partial charge is 0.356 e. The predicted octanol–water partition coefficient (Wildman–Crippen LogP) is 1.35. The Balaban J connectivity index is 1.94. The maximum Gasteiger partial charge on any atom is 0.253 e. The average molecular weight is 215 g/mol. The molecule has 4 nitrogen and oxygen atoms in total. The van der Waals surface area contributed by atoms with Gasteiger partial charge in [0, 0.05) is 38.4 Å². The van der Waals surface area contributed by atoms with Crippen LogP contribution >= 0.6 is 0 Å². The van der Waals surface area contributed by atoms with Crippen molar-refractivity contribution < 1.29 is 4.79 Å². The van der Waals surface area contributed by atoms with Gasteiger partial charge in [-0.15, -0.1) is 0 Å². The van der Waals surface area contributed by atoms with Crippen LogP contribution < -0.4 is 5.32 Å². The number of hydrogen-bond donors (Lipinski definition) is 1. The first-order valence-corrected chi connectivity index (χ1v) is 5.05. The second-order valence-corrected chi connectivity index (χ2v) is 3.61. The van der Waals surface area contributed by atoms with E-state index < -0.39 is 0 Å². The number of nitrogens with one attached hydrogen (secondary N) is 1. The molecule has 0 unspecified atom stereocenters. The van der Waals surface area contributed by atoms with Crippen LogP contribution in [0.15, 0.2) is 43.0 Å². The highest BCUT2D eigenvalue weighted by molar-refractivity contribution is 5.93. The Morgan fingerprint density at radius 1 is 1.50 bits per heavy atom. The lowest BCUT2D eigenvalue weighted by Gasteiger charge is -2.02. The van der Waals surface area contributed by atoms with Crippen LogP contribution in [0.25, 0.3) is 0 Å². The minimum atomic E-state index is -0.0653. The van der Waals surface area contributed by atoms with Crippen LogP contribution in [0.5, 0.6) is 0 Å². The van der Waals surface area contributed by atoms with Gasteiger partial charge in [-0.25, -0.2) is 0 Å². The first-order chi connectivity index (χ1) is 7.75. The number of pyridine rings is 1. The molecule has 2 heterocycles. The number of carbonyl (C=O) groups is 1. The number of amides is 1. The Hall–Kier alpha value is -2.10. The van der Waals surface area contributed by atoms with Crippen molar-refractivity contribution in [3.63, 3.8) is 0 Å². The normalized spacial score (nSPS) is 10.1. The van der Waals surface area contributed by atoms with Crippen molar-refractivity contribution in [1.29, 1.82) is 0 Å². The van der Waals surface area contributed by atoms with Crippen LogP contribution in [0.2, 0.25) is 0 Å². The topological polar surface area (TPSA) is 46.9 Å². The summed E-state index contributed by atoms with van der Waals surface area (Å²) in [5.41, 5.74) is 1.66. The van der Waals surface area contributed by atoms with E-state index >= 15 is 0 Å². The molecular weight excluding hydrogens is 202 g/mol. The smallest absolute Gasteiger partial charge is 0.253 e. The van der Waals surface area contributed by atoms with Gasteiger partial charge in [0.05, 0.1) is 5.56 Å². The number of rotatable bonds is 3. The molecule has 0 atom stereocenters. The maximum absolute atomic E-state index is 11.7. The summed E-state index contributed by atoms with van der Waals surface area (Å²) in [4.78, 5) is 15.7. The number of aromatic nitrogens is 2. The molecule has 0 radical (unpaired) electrons. The van der Waals surface area contributed by atoms with E-state index in [1.54, 1.807) is 24.7 Å². The van der Waals surface area contributed by atoms with E-state index in [4.69, 9.17) is 0 Å². The lowest BCUT2D eigenvalue weighted by Crippen LogP contribution is -2.22. The Bertz CT molecular complexity index is 476. The third kappa shape index (κ3) is 2.48. The molecule has 16 heavy (non-hydrogen) atoms. The SMILES string of the molecule is Cn1ccc(C(=O)NCc2cccnc2)c1. The zero-order chi connectivity index (χ0) is 11.4. The highest BCUT2D eigenvalue weighted by Gasteiger charge is 2.05. The Kier molecular flexibility index (Phi) is 3.00. The van der Waals surface area contributed by atoms with Gasteiger partial charge in [-0.05, 0) is 17.7 Å². The molecule has 2 aromatic heterocycles. The van der Waals surface area contributed by atoms with E-state index in [9.17, 15) is 4.79 Å². The summed E-state index contributed by atoms with van der Waals surface area (Å²) < 4.78 is 1.85. The second-order valence-electron chi connectivity index (χ2n) is 3.61. The summed E-state index contributed by atoms with van der Waals surface area (Å²) in [6.45, 7) is 0.502. The molecular formula is C12H13N3O. The van der Waals surface area contributed by atoms with Crippen molar-refractivity contribution >= 4 is 5.91 Å². The highest BCUT2D eigenvalue weighted by Crippen LogP contribution is 2.00. The van der Waals surface area contributed by atoms with Crippen LogP contribution in [-0.2, 0) is 13.6 Å². The standard InChI is InChI=1S/C12H13N3O/c1-15-6-4-11(9-15)12(16)14-8-10-3-2-5-13-7-10/h2-7,9H,8H2,1H3,(H,14,16). The summed E-state index contributed by atoms with van der Waals surface area (Å²) in [5.74, 6) is -0.0653. The molecule has 0 spiro atoms. The van der Waals surface area contributed by atoms with Crippen molar-refractivity contribution in [2.75, 3.05) is 0 Å². The Labute approximate surface area is 93.9 Å². The van der Waals surface area contributed by atoms with Gasteiger partial charge in [-0.2, -0.15) is 0 Å². The van der Waals surface area contributed by atoms with Gasteiger partial charge < -0.3 is 9.88 Å². The van der Waals surface area contributed by atoms with Crippen LogP contribution in [0, 0.1) is 0 Å². The van der Waals surface area contributed by atoms with Crippen molar-refractivity contribution in [2.24, 2.45) is 7.05 Å². The minimum absolute atomic E-state index is 0.0653. The zero-order valence-electron chi connectivity index (χ0n) is 9.05. The van der Waals surface area contributed by atoms with Crippen LogP contribution in [0.4, 0.5) is 0 Å². The molecule has 0 fully saturated rings. The molecule has 0 aliphatic carbocycles. The summed E-state index contributed by atoms with van der Waals surface area (Å²) in [6.07, 6.45) is 7.09. The number of hydrogen-bond acceptors (Lipinski definition) is 2. The third-order valence-electron chi connectivity index (χ3n) is 2.27. The second kappa shape index (κ2) is 4.61. The van der Waals surface area contributed by atoms with Crippen LogP contribution in [0.3, 0.4) is 0 Å². The molecule has 0 aromatic carbocycles. The molecule has 1 amide bonds. The summed E-state index contributed by atoms with van der Waals surface area (Å²) in [7, 11) is 1.89. The quantitative estimate of drug-likeness (QED) is 0.840. The predicted molar refractivity (Wildman–Crippen MR) is 60.8 cm³/mol. The molecule has 0 saturated heterocycles. The number of nitrogens with zero attached hydrogens (tertiary/aromatic N) is 2. The third-order valence-corrected chi connectivity index (χ3v) is 2.27. The number of carbonyl (C=O) groups excluding carboxylic acids is 1. The van der Waals surface area contributed by atoms with Crippen molar-refractivity contribution in [3.05, 3.63) is 54.1 Å². The van der Waals surface area contributed by atoms with Crippen molar-refractivity contribution in [1.82, 2.24) is 14.9 Å². The molecule has 0 saturated carbocycles. The van der Waals surface area contributed by atoms with E-state index in [1.165, 1.54) is 0 Å². The van der Waals surface area contributed by atoms with E-state index in [2.05, 4.69) is 10.3 Å². The molecule has 4 heteroatoms. The summed E-state index contributed by atoms with van der Waals surface area (Å²) >= 11 is 0. The molecule has 1 N–H and O–H groups in total. The lowest BCUT2D eigenvalue weighted by molar-refractivity contribution is 0.0951. The Morgan fingerprint density at radius 2 is 2.38 bits per heavy atom. The average Bonchev–Trinajstić information content (AvgIpc) is 2.74. The maximum atomic E-state index is 11.7. The van der Waals surface area contributed by atoms with Gasteiger partial charge in [0.1, 0.15) is 0 Å². The fraction of sp³-hybridized carbons (Fsp3) is 0.167. The molecule has 2 rings (SSSR count). The zero-order valence-corrected chi connectivity index (χ0v) is 9.05.